The van der Waals surface area contributed by atoms with Crippen molar-refractivity contribution < 1.29 is 28.2 Å². The second-order valence-corrected chi connectivity index (χ2v) is 4.41. The zero-order chi connectivity index (χ0) is 16.0. The van der Waals surface area contributed by atoms with E-state index < -0.39 is 24.5 Å². The SMILES string of the molecule is CCN(C(=O)c1ccccc1OC(F)F)C(C)CC(=O)O. The van der Waals surface area contributed by atoms with Crippen LogP contribution in [0, 0.1) is 0 Å². The first-order valence-corrected chi connectivity index (χ1v) is 6.43. The number of carbonyl (C=O) groups is 2. The number of hydrogen-bond donors (Lipinski definition) is 1. The summed E-state index contributed by atoms with van der Waals surface area (Å²) in [6.45, 7) is 0.500. The van der Waals surface area contributed by atoms with Crippen LogP contribution in [0.2, 0.25) is 0 Å². The van der Waals surface area contributed by atoms with E-state index in [2.05, 4.69) is 4.74 Å². The smallest absolute Gasteiger partial charge is 0.387 e. The second-order valence-electron chi connectivity index (χ2n) is 4.41. The summed E-state index contributed by atoms with van der Waals surface area (Å²) in [5, 5.41) is 8.79. The number of carboxylic acids is 1. The van der Waals surface area contributed by atoms with Crippen molar-refractivity contribution in [2.24, 2.45) is 0 Å². The average molecular weight is 301 g/mol. The number of alkyl halides is 2. The molecule has 1 rings (SSSR count). The lowest BCUT2D eigenvalue weighted by molar-refractivity contribution is -0.138. The van der Waals surface area contributed by atoms with Gasteiger partial charge in [-0.1, -0.05) is 12.1 Å². The van der Waals surface area contributed by atoms with Crippen LogP contribution in [0.4, 0.5) is 8.78 Å². The fourth-order valence-electron chi connectivity index (χ4n) is 2.02. The van der Waals surface area contributed by atoms with Crippen molar-refractivity contribution in [1.82, 2.24) is 4.90 Å². The minimum Gasteiger partial charge on any atom is -0.481 e. The van der Waals surface area contributed by atoms with Gasteiger partial charge in [0.1, 0.15) is 5.75 Å². The Morgan fingerprint density at radius 2 is 1.95 bits per heavy atom. The molecule has 0 spiro atoms. The van der Waals surface area contributed by atoms with Crippen LogP contribution in [0.25, 0.3) is 0 Å². The second kappa shape index (κ2) is 7.56. The monoisotopic (exact) mass is 301 g/mol. The lowest BCUT2D eigenvalue weighted by Gasteiger charge is -2.27. The van der Waals surface area contributed by atoms with Gasteiger partial charge in [-0.05, 0) is 26.0 Å². The predicted octanol–water partition coefficient (Wildman–Crippen LogP) is 2.61. The molecule has 0 radical (unpaired) electrons. The zero-order valence-electron chi connectivity index (χ0n) is 11.8. The highest BCUT2D eigenvalue weighted by Crippen LogP contribution is 2.23. The van der Waals surface area contributed by atoms with Crippen LogP contribution in [0.15, 0.2) is 24.3 Å². The molecule has 0 heterocycles. The van der Waals surface area contributed by atoms with E-state index in [1.54, 1.807) is 13.8 Å². The molecule has 0 aliphatic carbocycles. The summed E-state index contributed by atoms with van der Waals surface area (Å²) in [5.74, 6) is -1.80. The molecule has 1 aromatic rings. The lowest BCUT2D eigenvalue weighted by Crippen LogP contribution is -2.39. The fraction of sp³-hybridized carbons (Fsp3) is 0.429. The Hall–Kier alpha value is -2.18. The molecular formula is C14H17F2NO4. The summed E-state index contributed by atoms with van der Waals surface area (Å²) in [7, 11) is 0. The molecule has 0 aromatic heterocycles. The minimum atomic E-state index is -3.04. The zero-order valence-corrected chi connectivity index (χ0v) is 11.8. The van der Waals surface area contributed by atoms with Gasteiger partial charge in [0.15, 0.2) is 0 Å². The molecule has 1 aromatic carbocycles. The van der Waals surface area contributed by atoms with Crippen LogP contribution in [0.3, 0.4) is 0 Å². The highest BCUT2D eigenvalue weighted by Gasteiger charge is 2.25. The summed E-state index contributed by atoms with van der Waals surface area (Å²) >= 11 is 0. The number of carboxylic acid groups (broad SMARTS) is 1. The van der Waals surface area contributed by atoms with Gasteiger partial charge < -0.3 is 14.7 Å². The van der Waals surface area contributed by atoms with Crippen molar-refractivity contribution in [3.8, 4) is 5.75 Å². The maximum Gasteiger partial charge on any atom is 0.387 e. The largest absolute Gasteiger partial charge is 0.481 e. The number of rotatable bonds is 7. The summed E-state index contributed by atoms with van der Waals surface area (Å²) in [6, 6.07) is 5.09. The van der Waals surface area contributed by atoms with E-state index in [-0.39, 0.29) is 24.3 Å². The van der Waals surface area contributed by atoms with E-state index in [1.165, 1.54) is 29.2 Å². The van der Waals surface area contributed by atoms with E-state index in [1.807, 2.05) is 0 Å². The topological polar surface area (TPSA) is 66.8 Å². The number of aliphatic carboxylic acids is 1. The van der Waals surface area contributed by atoms with Crippen LogP contribution >= 0.6 is 0 Å². The average Bonchev–Trinajstić information content (AvgIpc) is 2.38. The Kier molecular flexibility index (Phi) is 6.08. The van der Waals surface area contributed by atoms with E-state index in [9.17, 15) is 18.4 Å². The van der Waals surface area contributed by atoms with E-state index in [4.69, 9.17) is 5.11 Å². The van der Waals surface area contributed by atoms with Gasteiger partial charge in [0.25, 0.3) is 5.91 Å². The van der Waals surface area contributed by atoms with Crippen LogP contribution in [-0.2, 0) is 4.79 Å². The third kappa shape index (κ3) is 4.70. The van der Waals surface area contributed by atoms with Crippen LogP contribution < -0.4 is 4.74 Å². The summed E-state index contributed by atoms with van der Waals surface area (Å²) in [4.78, 5) is 24.5. The number of nitrogens with zero attached hydrogens (tertiary/aromatic N) is 1. The van der Waals surface area contributed by atoms with Gasteiger partial charge in [-0.15, -0.1) is 0 Å². The first-order chi connectivity index (χ1) is 9.86. The van der Waals surface area contributed by atoms with Gasteiger partial charge in [-0.25, -0.2) is 0 Å². The van der Waals surface area contributed by atoms with Gasteiger partial charge in [0.05, 0.1) is 12.0 Å². The van der Waals surface area contributed by atoms with Crippen molar-refractivity contribution in [2.75, 3.05) is 6.54 Å². The first-order valence-electron chi connectivity index (χ1n) is 6.43. The molecule has 1 atom stereocenters. The number of benzene rings is 1. The van der Waals surface area contributed by atoms with Gasteiger partial charge >= 0.3 is 12.6 Å². The fourth-order valence-corrected chi connectivity index (χ4v) is 2.02. The molecule has 21 heavy (non-hydrogen) atoms. The van der Waals surface area contributed by atoms with Crippen molar-refractivity contribution >= 4 is 11.9 Å². The van der Waals surface area contributed by atoms with Crippen molar-refractivity contribution in [3.63, 3.8) is 0 Å². The number of ether oxygens (including phenoxy) is 1. The molecule has 1 unspecified atom stereocenters. The summed E-state index contributed by atoms with van der Waals surface area (Å²) in [5.41, 5.74) is -0.0168. The number of halogens is 2. The molecule has 0 saturated heterocycles. The molecule has 1 N–H and O–H groups in total. The van der Waals surface area contributed by atoms with E-state index >= 15 is 0 Å². The van der Waals surface area contributed by atoms with Crippen LogP contribution in [0.5, 0.6) is 5.75 Å². The Morgan fingerprint density at radius 3 is 2.48 bits per heavy atom. The van der Waals surface area contributed by atoms with Crippen LogP contribution in [-0.4, -0.2) is 41.1 Å². The number of carbonyl (C=O) groups excluding carboxylic acids is 1. The molecule has 0 fully saturated rings. The standard InChI is InChI=1S/C14H17F2NO4/c1-3-17(9(2)8-12(18)19)13(20)10-6-4-5-7-11(10)21-14(15)16/h4-7,9,14H,3,8H2,1-2H3,(H,18,19). The Balaban J connectivity index is 3.02. The molecular weight excluding hydrogens is 284 g/mol. The highest BCUT2D eigenvalue weighted by molar-refractivity contribution is 5.97. The third-order valence-electron chi connectivity index (χ3n) is 2.94. The Bertz CT molecular complexity index is 508. The normalized spacial score (nSPS) is 12.0. The summed E-state index contributed by atoms with van der Waals surface area (Å²) < 4.78 is 29.0. The number of para-hydroxylation sites is 1. The molecule has 116 valence electrons. The van der Waals surface area contributed by atoms with E-state index in [0.29, 0.717) is 0 Å². The predicted molar refractivity (Wildman–Crippen MR) is 71.5 cm³/mol. The Morgan fingerprint density at radius 1 is 1.33 bits per heavy atom. The molecule has 0 aliphatic rings. The molecule has 7 heteroatoms. The molecule has 1 amide bonds. The molecule has 0 saturated carbocycles. The van der Waals surface area contributed by atoms with Crippen LogP contribution in [0.1, 0.15) is 30.6 Å². The molecule has 5 nitrogen and oxygen atoms in total. The maximum atomic E-state index is 12.4. The number of amides is 1. The highest BCUT2D eigenvalue weighted by atomic mass is 19.3. The third-order valence-corrected chi connectivity index (χ3v) is 2.94. The molecule has 0 aliphatic heterocycles. The van der Waals surface area contributed by atoms with Gasteiger partial charge in [0.2, 0.25) is 0 Å². The van der Waals surface area contributed by atoms with Gasteiger partial charge in [0, 0.05) is 12.6 Å². The van der Waals surface area contributed by atoms with Gasteiger partial charge in [-0.3, -0.25) is 9.59 Å². The summed E-state index contributed by atoms with van der Waals surface area (Å²) in [6.07, 6.45) is -0.225. The van der Waals surface area contributed by atoms with Crippen molar-refractivity contribution in [3.05, 3.63) is 29.8 Å². The van der Waals surface area contributed by atoms with E-state index in [0.717, 1.165) is 0 Å². The van der Waals surface area contributed by atoms with Crippen molar-refractivity contribution in [1.29, 1.82) is 0 Å². The first kappa shape index (κ1) is 16.9. The maximum absolute atomic E-state index is 12.4. The van der Waals surface area contributed by atoms with Crippen molar-refractivity contribution in [2.45, 2.75) is 32.9 Å². The van der Waals surface area contributed by atoms with Gasteiger partial charge in [-0.2, -0.15) is 8.78 Å². The Labute approximate surface area is 121 Å². The molecule has 0 bridgehead atoms. The lowest BCUT2D eigenvalue weighted by atomic mass is 10.1. The quantitative estimate of drug-likeness (QED) is 0.840. The number of hydrogen-bond acceptors (Lipinski definition) is 3. The minimum absolute atomic E-state index is 0.0168.